The number of nitrogens with one attached hydrogen (secondary N) is 3. The Balaban J connectivity index is 1.58. The van der Waals surface area contributed by atoms with Crippen LogP contribution in [-0.4, -0.2) is 65.2 Å². The van der Waals surface area contributed by atoms with Crippen molar-refractivity contribution in [1.29, 1.82) is 0 Å². The van der Waals surface area contributed by atoms with Gasteiger partial charge in [0.2, 0.25) is 5.88 Å². The molecule has 0 radical (unpaired) electrons. The molecule has 206 valence electrons. The van der Waals surface area contributed by atoms with Gasteiger partial charge in [0.15, 0.2) is 0 Å². The second-order valence-corrected chi connectivity index (χ2v) is 9.66. The van der Waals surface area contributed by atoms with Crippen LogP contribution in [0.15, 0.2) is 71.8 Å². The quantitative estimate of drug-likeness (QED) is 0.283. The Kier molecular flexibility index (Phi) is 10.3. The summed E-state index contributed by atoms with van der Waals surface area (Å²) in [5, 5.41) is 5.18. The smallest absolute Gasteiger partial charge is 0.414 e. The molecular formula is C26H28N4O8S. The maximum absolute atomic E-state index is 12.8. The topological polar surface area (TPSA) is 162 Å². The first-order valence-corrected chi connectivity index (χ1v) is 13.2. The molecule has 2 aromatic carbocycles. The Bertz CT molecular complexity index is 1410. The number of ether oxygens (including phenoxy) is 3. The van der Waals surface area contributed by atoms with Gasteiger partial charge in [0, 0.05) is 38.0 Å². The fraction of sp³-hybridized carbons (Fsp3) is 0.231. The van der Waals surface area contributed by atoms with Crippen molar-refractivity contribution in [2.75, 3.05) is 33.9 Å². The fourth-order valence-corrected chi connectivity index (χ4v) is 4.35. The number of rotatable bonds is 12. The Labute approximate surface area is 225 Å². The van der Waals surface area contributed by atoms with E-state index in [0.29, 0.717) is 25.3 Å². The van der Waals surface area contributed by atoms with Gasteiger partial charge in [-0.25, -0.2) is 22.9 Å². The summed E-state index contributed by atoms with van der Waals surface area (Å²) in [6.07, 6.45) is 0.817. The largest absolute Gasteiger partial charge is 0.496 e. The standard InChI is InChI=1S/C26H28N4O8S/c1-36-15-14-28-26(33)38-23-11-10-20(17-29-23)25(32)30-39(34,35)21-8-5-7-19(16-21)24(31)27-13-12-18-6-3-4-9-22(18)37-2/h3-11,16-17H,12-15H2,1-2H3,(H,27,31)(H,28,33)(H,30,32). The third-order valence-corrected chi connectivity index (χ3v) is 6.61. The average molecular weight is 557 g/mol. The molecule has 0 aliphatic carbocycles. The van der Waals surface area contributed by atoms with Crippen LogP contribution in [0.1, 0.15) is 26.3 Å². The van der Waals surface area contributed by atoms with E-state index in [0.717, 1.165) is 11.8 Å². The molecule has 3 amide bonds. The van der Waals surface area contributed by atoms with Gasteiger partial charge in [-0.15, -0.1) is 0 Å². The van der Waals surface area contributed by atoms with Gasteiger partial charge in [-0.1, -0.05) is 24.3 Å². The van der Waals surface area contributed by atoms with Gasteiger partial charge < -0.3 is 24.8 Å². The first-order valence-electron chi connectivity index (χ1n) is 11.7. The van der Waals surface area contributed by atoms with Gasteiger partial charge in [-0.3, -0.25) is 9.59 Å². The first kappa shape index (κ1) is 29.1. The molecule has 0 aliphatic rings. The molecule has 3 rings (SSSR count). The molecule has 0 unspecified atom stereocenters. The number of para-hydroxylation sites is 1. The maximum atomic E-state index is 12.8. The normalized spacial score (nSPS) is 10.8. The highest BCUT2D eigenvalue weighted by atomic mass is 32.2. The number of methoxy groups -OCH3 is 2. The summed E-state index contributed by atoms with van der Waals surface area (Å²) in [4.78, 5) is 40.4. The van der Waals surface area contributed by atoms with Gasteiger partial charge in [-0.2, -0.15) is 0 Å². The van der Waals surface area contributed by atoms with Crippen molar-refractivity contribution in [1.82, 2.24) is 20.3 Å². The van der Waals surface area contributed by atoms with E-state index in [9.17, 15) is 22.8 Å². The van der Waals surface area contributed by atoms with E-state index in [2.05, 4.69) is 15.6 Å². The lowest BCUT2D eigenvalue weighted by Crippen LogP contribution is -2.31. The Morgan fingerprint density at radius 3 is 2.38 bits per heavy atom. The number of hydrogen-bond acceptors (Lipinski definition) is 9. The highest BCUT2D eigenvalue weighted by Crippen LogP contribution is 2.18. The van der Waals surface area contributed by atoms with Crippen LogP contribution >= 0.6 is 0 Å². The third-order valence-electron chi connectivity index (χ3n) is 5.28. The predicted octanol–water partition coefficient (Wildman–Crippen LogP) is 1.92. The number of benzene rings is 2. The van der Waals surface area contributed by atoms with E-state index in [-0.39, 0.29) is 28.4 Å². The third kappa shape index (κ3) is 8.51. The van der Waals surface area contributed by atoms with Crippen LogP contribution in [0.25, 0.3) is 0 Å². The number of carbonyl (C=O) groups is 3. The number of carbonyl (C=O) groups excluding carboxylic acids is 3. The lowest BCUT2D eigenvalue weighted by Gasteiger charge is -2.11. The maximum Gasteiger partial charge on any atom is 0.414 e. The van der Waals surface area contributed by atoms with E-state index in [1.54, 1.807) is 7.11 Å². The number of nitrogens with zero attached hydrogens (tertiary/aromatic N) is 1. The Morgan fingerprint density at radius 1 is 0.872 bits per heavy atom. The van der Waals surface area contributed by atoms with E-state index in [1.807, 2.05) is 29.0 Å². The fourth-order valence-electron chi connectivity index (χ4n) is 3.33. The van der Waals surface area contributed by atoms with Crippen LogP contribution in [0.4, 0.5) is 4.79 Å². The van der Waals surface area contributed by atoms with Gasteiger partial charge in [0.05, 0.1) is 24.2 Å². The number of aromatic nitrogens is 1. The van der Waals surface area contributed by atoms with Crippen molar-refractivity contribution in [2.45, 2.75) is 11.3 Å². The molecule has 13 heteroatoms. The van der Waals surface area contributed by atoms with Gasteiger partial charge in [0.1, 0.15) is 5.75 Å². The zero-order valence-electron chi connectivity index (χ0n) is 21.3. The molecule has 0 bridgehead atoms. The van der Waals surface area contributed by atoms with Crippen LogP contribution in [-0.2, 0) is 21.2 Å². The highest BCUT2D eigenvalue weighted by molar-refractivity contribution is 7.90. The second kappa shape index (κ2) is 13.9. The monoisotopic (exact) mass is 556 g/mol. The minimum absolute atomic E-state index is 0.0871. The molecule has 1 aromatic heterocycles. The molecule has 0 saturated heterocycles. The molecule has 0 fully saturated rings. The minimum Gasteiger partial charge on any atom is -0.496 e. The van der Waals surface area contributed by atoms with E-state index in [1.165, 1.54) is 43.5 Å². The van der Waals surface area contributed by atoms with Crippen molar-refractivity contribution in [3.8, 4) is 11.6 Å². The summed E-state index contributed by atoms with van der Waals surface area (Å²) in [6, 6.07) is 15.2. The molecule has 3 aromatic rings. The lowest BCUT2D eigenvalue weighted by atomic mass is 10.1. The summed E-state index contributed by atoms with van der Waals surface area (Å²) in [6.45, 7) is 0.835. The summed E-state index contributed by atoms with van der Waals surface area (Å²) in [5.74, 6) is -0.810. The average Bonchev–Trinajstić information content (AvgIpc) is 2.93. The van der Waals surface area contributed by atoms with Gasteiger partial charge >= 0.3 is 6.09 Å². The summed E-state index contributed by atoms with van der Waals surface area (Å²) in [7, 11) is -1.26. The van der Waals surface area contributed by atoms with Crippen molar-refractivity contribution < 1.29 is 37.0 Å². The number of hydrogen-bond donors (Lipinski definition) is 3. The van der Waals surface area contributed by atoms with E-state index >= 15 is 0 Å². The van der Waals surface area contributed by atoms with Gasteiger partial charge in [0.25, 0.3) is 21.8 Å². The first-order chi connectivity index (χ1) is 18.7. The minimum atomic E-state index is -4.31. The number of pyridine rings is 1. The van der Waals surface area contributed by atoms with E-state index in [4.69, 9.17) is 14.2 Å². The van der Waals surface area contributed by atoms with Crippen LogP contribution < -0.4 is 24.8 Å². The van der Waals surface area contributed by atoms with Crippen LogP contribution in [0.2, 0.25) is 0 Å². The molecule has 0 atom stereocenters. The second-order valence-electron chi connectivity index (χ2n) is 7.97. The lowest BCUT2D eigenvalue weighted by molar-refractivity contribution is 0.0951. The summed E-state index contributed by atoms with van der Waals surface area (Å²) in [5.41, 5.74) is 0.937. The molecule has 39 heavy (non-hydrogen) atoms. The van der Waals surface area contributed by atoms with Crippen LogP contribution in [0.5, 0.6) is 11.6 Å². The van der Waals surface area contributed by atoms with Crippen LogP contribution in [0.3, 0.4) is 0 Å². The van der Waals surface area contributed by atoms with Crippen LogP contribution in [0, 0.1) is 0 Å². The van der Waals surface area contributed by atoms with Crippen molar-refractivity contribution >= 4 is 27.9 Å². The van der Waals surface area contributed by atoms with Crippen molar-refractivity contribution in [2.24, 2.45) is 0 Å². The van der Waals surface area contributed by atoms with Crippen molar-refractivity contribution in [3.05, 3.63) is 83.6 Å². The number of amides is 3. The highest BCUT2D eigenvalue weighted by Gasteiger charge is 2.21. The number of sulfonamides is 1. The zero-order valence-corrected chi connectivity index (χ0v) is 22.1. The summed E-state index contributed by atoms with van der Waals surface area (Å²) < 4.78 is 42.6. The van der Waals surface area contributed by atoms with Gasteiger partial charge in [-0.05, 0) is 42.3 Å². The predicted molar refractivity (Wildman–Crippen MR) is 140 cm³/mol. The molecule has 3 N–H and O–H groups in total. The zero-order chi connectivity index (χ0) is 28.3. The molecule has 1 heterocycles. The SMILES string of the molecule is COCCNC(=O)Oc1ccc(C(=O)NS(=O)(=O)c2cccc(C(=O)NCCc3ccccc3OC)c2)cn1. The van der Waals surface area contributed by atoms with E-state index < -0.39 is 27.9 Å². The van der Waals surface area contributed by atoms with Crippen molar-refractivity contribution in [3.63, 3.8) is 0 Å². The Morgan fingerprint density at radius 2 is 1.67 bits per heavy atom. The molecule has 12 nitrogen and oxygen atoms in total. The summed E-state index contributed by atoms with van der Waals surface area (Å²) >= 11 is 0. The molecular weight excluding hydrogens is 528 g/mol. The molecule has 0 spiro atoms. The molecule has 0 saturated carbocycles. The Hall–Kier alpha value is -4.49. The molecule has 0 aliphatic heterocycles.